The van der Waals surface area contributed by atoms with Gasteiger partial charge in [0.25, 0.3) is 0 Å². The number of halogens is 3. The topological polar surface area (TPSA) is 85.9 Å². The largest absolute Gasteiger partial charge is 0.491 e. The average Bonchev–Trinajstić information content (AvgIpc) is 3.21. The summed E-state index contributed by atoms with van der Waals surface area (Å²) in [5.74, 6) is -4.74. The molecule has 0 amide bonds. The number of nitrogens with zero attached hydrogens (tertiary/aromatic N) is 5. The summed E-state index contributed by atoms with van der Waals surface area (Å²) in [6, 6.07) is 1.16. The first-order chi connectivity index (χ1) is 14.2. The van der Waals surface area contributed by atoms with Crippen LogP contribution in [0.1, 0.15) is 6.92 Å². The number of hydrogen-bond donors (Lipinski definition) is 0. The van der Waals surface area contributed by atoms with Gasteiger partial charge in [0.2, 0.25) is 5.82 Å². The van der Waals surface area contributed by atoms with Gasteiger partial charge in [-0.3, -0.25) is 9.47 Å². The molecule has 9 nitrogen and oxygen atoms in total. The van der Waals surface area contributed by atoms with Crippen molar-refractivity contribution >= 4 is 11.5 Å². The van der Waals surface area contributed by atoms with E-state index in [-0.39, 0.29) is 23.3 Å². The quantitative estimate of drug-likeness (QED) is 0.411. The monoisotopic (exact) mass is 427 g/mol. The predicted molar refractivity (Wildman–Crippen MR) is 99.4 cm³/mol. The summed E-state index contributed by atoms with van der Waals surface area (Å²) in [4.78, 5) is 18.0. The Bertz CT molecular complexity index is 967. The van der Waals surface area contributed by atoms with E-state index in [9.17, 15) is 23.3 Å². The Balaban J connectivity index is 1.40. The number of anilines is 1. The standard InChI is InChI=1S/C18H20F3N5O4/c1-18(10-25-8-13(26(27)28)22-17(25)30-18)9-23-3-5-24(6-4-23)12-7-11(19)14(20)15(21)16(12)29-2/h7-8H,3-6,9-10H2,1-2H3/t18-/m1/s1. The van der Waals surface area contributed by atoms with Gasteiger partial charge in [0, 0.05) is 43.8 Å². The molecule has 2 aromatic rings. The van der Waals surface area contributed by atoms with Gasteiger partial charge in [-0.1, -0.05) is 0 Å². The molecule has 1 aromatic carbocycles. The van der Waals surface area contributed by atoms with Crippen LogP contribution in [-0.2, 0) is 6.54 Å². The van der Waals surface area contributed by atoms with Crippen LogP contribution in [0.25, 0.3) is 0 Å². The van der Waals surface area contributed by atoms with Crippen molar-refractivity contribution in [3.05, 3.63) is 39.8 Å². The van der Waals surface area contributed by atoms with E-state index in [4.69, 9.17) is 9.47 Å². The number of nitro groups is 1. The van der Waals surface area contributed by atoms with Crippen LogP contribution in [0, 0.1) is 27.6 Å². The number of piperazine rings is 1. The molecule has 162 valence electrons. The van der Waals surface area contributed by atoms with Crippen molar-refractivity contribution in [1.29, 1.82) is 0 Å². The number of hydrogen-bond acceptors (Lipinski definition) is 7. The van der Waals surface area contributed by atoms with Crippen molar-refractivity contribution < 1.29 is 27.6 Å². The van der Waals surface area contributed by atoms with E-state index in [1.807, 2.05) is 6.92 Å². The third-order valence-corrected chi connectivity index (χ3v) is 5.33. The van der Waals surface area contributed by atoms with Gasteiger partial charge in [-0.05, 0) is 11.8 Å². The van der Waals surface area contributed by atoms with Gasteiger partial charge in [-0.2, -0.15) is 4.39 Å². The average molecular weight is 427 g/mol. The third-order valence-electron chi connectivity index (χ3n) is 5.33. The van der Waals surface area contributed by atoms with Crippen LogP contribution in [0.2, 0.25) is 0 Å². The zero-order valence-electron chi connectivity index (χ0n) is 16.4. The Kier molecular flexibility index (Phi) is 4.96. The molecule has 0 bridgehead atoms. The zero-order chi connectivity index (χ0) is 21.6. The Morgan fingerprint density at radius 3 is 2.57 bits per heavy atom. The first kappa shape index (κ1) is 20.3. The minimum absolute atomic E-state index is 0.171. The van der Waals surface area contributed by atoms with Gasteiger partial charge >= 0.3 is 11.8 Å². The molecular formula is C18H20F3N5O4. The van der Waals surface area contributed by atoms with Crippen molar-refractivity contribution in [1.82, 2.24) is 14.5 Å². The molecule has 0 N–H and O–H groups in total. The molecule has 1 saturated heterocycles. The van der Waals surface area contributed by atoms with E-state index in [2.05, 4.69) is 9.88 Å². The minimum Gasteiger partial charge on any atom is -0.491 e. The summed E-state index contributed by atoms with van der Waals surface area (Å²) >= 11 is 0. The SMILES string of the molecule is COc1c(N2CCN(C[C@]3(C)Cn4cc([N+](=O)[O-])nc4O3)CC2)cc(F)c(F)c1F. The van der Waals surface area contributed by atoms with Gasteiger partial charge in [0.1, 0.15) is 11.8 Å². The van der Waals surface area contributed by atoms with Crippen molar-refractivity contribution in [2.24, 2.45) is 0 Å². The van der Waals surface area contributed by atoms with Crippen molar-refractivity contribution in [3.63, 3.8) is 0 Å². The van der Waals surface area contributed by atoms with E-state index in [0.29, 0.717) is 39.3 Å². The molecular weight excluding hydrogens is 407 g/mol. The summed E-state index contributed by atoms with van der Waals surface area (Å²) in [6.45, 7) is 4.91. The summed E-state index contributed by atoms with van der Waals surface area (Å²) < 4.78 is 53.6. The molecule has 1 fully saturated rings. The lowest BCUT2D eigenvalue weighted by molar-refractivity contribution is -0.389. The van der Waals surface area contributed by atoms with Gasteiger partial charge in [-0.15, -0.1) is 0 Å². The van der Waals surface area contributed by atoms with Gasteiger partial charge in [0.05, 0.1) is 19.3 Å². The van der Waals surface area contributed by atoms with E-state index >= 15 is 0 Å². The van der Waals surface area contributed by atoms with Crippen LogP contribution in [0.5, 0.6) is 11.8 Å². The van der Waals surface area contributed by atoms with Crippen molar-refractivity contribution in [3.8, 4) is 11.8 Å². The molecule has 0 spiro atoms. The highest BCUT2D eigenvalue weighted by Gasteiger charge is 2.42. The number of methoxy groups -OCH3 is 1. The lowest BCUT2D eigenvalue weighted by atomic mass is 10.1. The summed E-state index contributed by atoms with van der Waals surface area (Å²) in [6.07, 6.45) is 1.35. The van der Waals surface area contributed by atoms with E-state index in [0.717, 1.165) is 6.07 Å². The molecule has 4 rings (SSSR count). The second-order valence-electron chi connectivity index (χ2n) is 7.62. The van der Waals surface area contributed by atoms with E-state index < -0.39 is 28.0 Å². The normalized spacial score (nSPS) is 21.4. The van der Waals surface area contributed by atoms with Crippen molar-refractivity contribution in [2.75, 3.05) is 44.7 Å². The number of rotatable bonds is 5. The molecule has 2 aliphatic heterocycles. The fourth-order valence-electron chi connectivity index (χ4n) is 3.98. The van der Waals surface area contributed by atoms with E-state index in [1.54, 1.807) is 9.47 Å². The lowest BCUT2D eigenvalue weighted by Crippen LogP contribution is -2.53. The fourth-order valence-corrected chi connectivity index (χ4v) is 3.98. The highest BCUT2D eigenvalue weighted by molar-refractivity contribution is 5.60. The molecule has 0 saturated carbocycles. The Morgan fingerprint density at radius 2 is 1.97 bits per heavy atom. The number of ether oxygens (including phenoxy) is 2. The maximum atomic E-state index is 14.0. The molecule has 0 unspecified atom stereocenters. The molecule has 0 aliphatic carbocycles. The smallest absolute Gasteiger partial charge is 0.415 e. The number of imidazole rings is 1. The fraction of sp³-hybridized carbons (Fsp3) is 0.500. The zero-order valence-corrected chi connectivity index (χ0v) is 16.4. The van der Waals surface area contributed by atoms with Gasteiger partial charge in [0.15, 0.2) is 17.4 Å². The summed E-state index contributed by atoms with van der Waals surface area (Å²) in [5.41, 5.74) is -0.435. The van der Waals surface area contributed by atoms with E-state index in [1.165, 1.54) is 13.3 Å². The third kappa shape index (κ3) is 3.51. The molecule has 30 heavy (non-hydrogen) atoms. The van der Waals surface area contributed by atoms with Crippen LogP contribution in [-0.4, -0.2) is 64.8 Å². The Labute approximate surface area is 169 Å². The number of aromatic nitrogens is 2. The maximum Gasteiger partial charge on any atom is 0.415 e. The van der Waals surface area contributed by atoms with Crippen molar-refractivity contribution in [2.45, 2.75) is 19.1 Å². The number of benzene rings is 1. The second-order valence-corrected chi connectivity index (χ2v) is 7.62. The van der Waals surface area contributed by atoms with Gasteiger partial charge < -0.3 is 24.5 Å². The van der Waals surface area contributed by atoms with Crippen LogP contribution < -0.4 is 14.4 Å². The van der Waals surface area contributed by atoms with Crippen LogP contribution in [0.4, 0.5) is 24.7 Å². The molecule has 3 heterocycles. The Morgan fingerprint density at radius 1 is 1.27 bits per heavy atom. The Hall–Kier alpha value is -3.02. The summed E-state index contributed by atoms with van der Waals surface area (Å²) in [5, 5.41) is 10.8. The lowest BCUT2D eigenvalue weighted by Gasteiger charge is -2.39. The summed E-state index contributed by atoms with van der Waals surface area (Å²) in [7, 11) is 1.21. The van der Waals surface area contributed by atoms with Crippen LogP contribution in [0.3, 0.4) is 0 Å². The second kappa shape index (κ2) is 7.35. The predicted octanol–water partition coefficient (Wildman–Crippen LogP) is 2.19. The first-order valence-corrected chi connectivity index (χ1v) is 9.30. The van der Waals surface area contributed by atoms with Crippen LogP contribution in [0.15, 0.2) is 12.3 Å². The highest BCUT2D eigenvalue weighted by atomic mass is 19.2. The molecule has 0 radical (unpaired) electrons. The first-order valence-electron chi connectivity index (χ1n) is 9.30. The van der Waals surface area contributed by atoms with Gasteiger partial charge in [-0.25, -0.2) is 8.78 Å². The highest BCUT2D eigenvalue weighted by Crippen LogP contribution is 2.35. The molecule has 12 heteroatoms. The number of fused-ring (bicyclic) bond motifs is 1. The van der Waals surface area contributed by atoms with Crippen LogP contribution >= 0.6 is 0 Å². The molecule has 1 aromatic heterocycles. The maximum absolute atomic E-state index is 14.0. The minimum atomic E-state index is -1.56. The molecule has 2 aliphatic rings. The molecule has 1 atom stereocenters.